The largest absolute Gasteiger partial charge is 0.353 e. The molecule has 34 heavy (non-hydrogen) atoms. The van der Waals surface area contributed by atoms with Crippen molar-refractivity contribution < 1.29 is 9.59 Å². The van der Waals surface area contributed by atoms with Crippen molar-refractivity contribution >= 4 is 70.4 Å². The summed E-state index contributed by atoms with van der Waals surface area (Å²) < 4.78 is 0. The van der Waals surface area contributed by atoms with Crippen LogP contribution in [0.25, 0.3) is 12.2 Å². The maximum atomic E-state index is 11.9. The summed E-state index contributed by atoms with van der Waals surface area (Å²) in [7, 11) is 0. The predicted octanol–water partition coefficient (Wildman–Crippen LogP) is 7.60. The second-order valence-electron chi connectivity index (χ2n) is 7.70. The van der Waals surface area contributed by atoms with Crippen LogP contribution in [0, 0.1) is 0 Å². The van der Waals surface area contributed by atoms with Crippen molar-refractivity contribution in [2.75, 3.05) is 13.1 Å². The van der Waals surface area contributed by atoms with Crippen molar-refractivity contribution in [1.82, 2.24) is 10.6 Å². The van der Waals surface area contributed by atoms with E-state index in [1.54, 1.807) is 48.6 Å². The average molecular weight is 542 g/mol. The van der Waals surface area contributed by atoms with Crippen molar-refractivity contribution in [2.45, 2.75) is 38.5 Å². The van der Waals surface area contributed by atoms with Gasteiger partial charge in [0.1, 0.15) is 0 Å². The first-order valence-corrected chi connectivity index (χ1v) is 12.7. The van der Waals surface area contributed by atoms with Gasteiger partial charge in [-0.25, -0.2) is 0 Å². The fourth-order valence-corrected chi connectivity index (χ4v) is 4.05. The molecule has 0 saturated carbocycles. The van der Waals surface area contributed by atoms with Crippen LogP contribution in [0.1, 0.15) is 49.7 Å². The third-order valence-corrected chi connectivity index (χ3v) is 6.08. The van der Waals surface area contributed by atoms with Crippen LogP contribution >= 0.6 is 46.4 Å². The van der Waals surface area contributed by atoms with E-state index in [0.717, 1.165) is 49.7 Å². The van der Waals surface area contributed by atoms with E-state index in [1.165, 1.54) is 12.2 Å². The monoisotopic (exact) mass is 540 g/mol. The van der Waals surface area contributed by atoms with Crippen LogP contribution < -0.4 is 10.6 Å². The van der Waals surface area contributed by atoms with Crippen LogP contribution in [0.3, 0.4) is 0 Å². The zero-order valence-electron chi connectivity index (χ0n) is 18.8. The number of hydrogen-bond acceptors (Lipinski definition) is 2. The molecule has 0 atom stereocenters. The smallest absolute Gasteiger partial charge is 0.243 e. The maximum Gasteiger partial charge on any atom is 0.243 e. The number of carbonyl (C=O) groups excluding carboxylic acids is 2. The molecule has 0 aromatic heterocycles. The molecule has 0 fully saturated rings. The van der Waals surface area contributed by atoms with Crippen LogP contribution in [-0.2, 0) is 9.59 Å². The third-order valence-electron chi connectivity index (χ3n) is 4.96. The second-order valence-corrected chi connectivity index (χ2v) is 9.39. The van der Waals surface area contributed by atoms with Crippen LogP contribution in [0.2, 0.25) is 20.1 Å². The van der Waals surface area contributed by atoms with Crippen molar-refractivity contribution in [2.24, 2.45) is 0 Å². The first-order valence-electron chi connectivity index (χ1n) is 11.2. The number of benzene rings is 2. The Labute approximate surface area is 221 Å². The van der Waals surface area contributed by atoms with Gasteiger partial charge in [0.05, 0.1) is 0 Å². The normalized spacial score (nSPS) is 11.3. The van der Waals surface area contributed by atoms with Crippen LogP contribution in [0.15, 0.2) is 48.6 Å². The molecule has 8 heteroatoms. The van der Waals surface area contributed by atoms with Gasteiger partial charge in [-0.2, -0.15) is 0 Å². The van der Waals surface area contributed by atoms with Gasteiger partial charge in [-0.05, 0) is 60.4 Å². The summed E-state index contributed by atoms with van der Waals surface area (Å²) in [6, 6.07) is 10.3. The van der Waals surface area contributed by atoms with Gasteiger partial charge in [-0.15, -0.1) is 0 Å². The summed E-state index contributed by atoms with van der Waals surface area (Å²) in [6.45, 7) is 1.27. The Hall–Kier alpha value is -1.98. The number of unbranched alkanes of at least 4 members (excludes halogenated alkanes) is 5. The Morgan fingerprint density at radius 1 is 0.618 bits per heavy atom. The molecular weight excluding hydrogens is 514 g/mol. The molecule has 0 saturated heterocycles. The highest BCUT2D eigenvalue weighted by atomic mass is 35.5. The van der Waals surface area contributed by atoms with E-state index in [0.29, 0.717) is 33.2 Å². The standard InChI is InChI=1S/C26H28Cl4N2O2/c27-21-11-7-19(23(29)17-21)9-13-25(33)31-15-5-3-1-2-4-6-16-32-26(34)14-10-20-8-12-22(28)18-24(20)30/h7-14,17-18H,1-6,15-16H2,(H,31,33)(H,32,34). The zero-order valence-corrected chi connectivity index (χ0v) is 21.8. The summed E-state index contributed by atoms with van der Waals surface area (Å²) >= 11 is 23.9. The highest BCUT2D eigenvalue weighted by Crippen LogP contribution is 2.22. The number of carbonyl (C=O) groups is 2. The lowest BCUT2D eigenvalue weighted by molar-refractivity contribution is -0.117. The molecule has 2 amide bonds. The lowest BCUT2D eigenvalue weighted by atomic mass is 10.1. The van der Waals surface area contributed by atoms with Crippen molar-refractivity contribution in [1.29, 1.82) is 0 Å². The topological polar surface area (TPSA) is 58.2 Å². The van der Waals surface area contributed by atoms with Gasteiger partial charge in [0.15, 0.2) is 0 Å². The average Bonchev–Trinajstić information content (AvgIpc) is 2.79. The summed E-state index contributed by atoms with van der Waals surface area (Å²) in [5, 5.41) is 7.89. The van der Waals surface area contributed by atoms with E-state index in [4.69, 9.17) is 46.4 Å². The number of halogens is 4. The summed E-state index contributed by atoms with van der Waals surface area (Å²) in [4.78, 5) is 23.8. The molecule has 0 unspecified atom stereocenters. The fraction of sp³-hybridized carbons (Fsp3) is 0.308. The number of amides is 2. The molecule has 2 aromatic carbocycles. The number of rotatable bonds is 13. The summed E-state index contributed by atoms with van der Waals surface area (Å²) in [6.07, 6.45) is 12.4. The Bertz CT molecular complexity index is 940. The Kier molecular flexibility index (Phi) is 13.2. The van der Waals surface area contributed by atoms with Crippen molar-refractivity contribution in [3.05, 3.63) is 79.8 Å². The van der Waals surface area contributed by atoms with E-state index >= 15 is 0 Å². The first kappa shape index (κ1) is 28.3. The van der Waals surface area contributed by atoms with Gasteiger partial charge in [0.2, 0.25) is 11.8 Å². The summed E-state index contributed by atoms with van der Waals surface area (Å²) in [5.74, 6) is -0.289. The molecule has 2 N–H and O–H groups in total. The van der Waals surface area contributed by atoms with Gasteiger partial charge in [0.25, 0.3) is 0 Å². The van der Waals surface area contributed by atoms with Gasteiger partial charge >= 0.3 is 0 Å². The van der Waals surface area contributed by atoms with Crippen molar-refractivity contribution in [3.63, 3.8) is 0 Å². The molecule has 2 aromatic rings. The minimum absolute atomic E-state index is 0.144. The number of hydrogen-bond donors (Lipinski definition) is 2. The van der Waals surface area contributed by atoms with Crippen LogP contribution in [0.5, 0.6) is 0 Å². The van der Waals surface area contributed by atoms with E-state index in [2.05, 4.69) is 10.6 Å². The van der Waals surface area contributed by atoms with Gasteiger partial charge in [-0.1, -0.05) is 84.2 Å². The third kappa shape index (κ3) is 11.4. The Morgan fingerprint density at radius 3 is 1.38 bits per heavy atom. The second kappa shape index (κ2) is 15.8. The van der Waals surface area contributed by atoms with E-state index in [9.17, 15) is 9.59 Å². The van der Waals surface area contributed by atoms with Crippen LogP contribution in [-0.4, -0.2) is 24.9 Å². The van der Waals surface area contributed by atoms with Gasteiger partial charge < -0.3 is 10.6 Å². The lowest BCUT2D eigenvalue weighted by Gasteiger charge is -2.04. The molecule has 0 heterocycles. The molecule has 0 aliphatic carbocycles. The molecular formula is C26H28Cl4N2O2. The Morgan fingerprint density at radius 2 is 1.00 bits per heavy atom. The predicted molar refractivity (Wildman–Crippen MR) is 145 cm³/mol. The van der Waals surface area contributed by atoms with Crippen molar-refractivity contribution in [3.8, 4) is 0 Å². The zero-order chi connectivity index (χ0) is 24.8. The molecule has 0 aliphatic rings. The number of nitrogens with one attached hydrogen (secondary N) is 2. The fourth-order valence-electron chi connectivity index (χ4n) is 3.10. The molecule has 0 radical (unpaired) electrons. The molecule has 2 rings (SSSR count). The minimum atomic E-state index is -0.144. The van der Waals surface area contributed by atoms with Crippen LogP contribution in [0.4, 0.5) is 0 Å². The first-order chi connectivity index (χ1) is 16.3. The highest BCUT2D eigenvalue weighted by molar-refractivity contribution is 6.36. The molecule has 0 aliphatic heterocycles. The SMILES string of the molecule is O=C(C=Cc1ccc(Cl)cc1Cl)NCCCCCCCCNC(=O)C=Cc1ccc(Cl)cc1Cl. The summed E-state index contributed by atoms with van der Waals surface area (Å²) in [5.41, 5.74) is 1.50. The highest BCUT2D eigenvalue weighted by Gasteiger charge is 2.01. The van der Waals surface area contributed by atoms with E-state index in [-0.39, 0.29) is 11.8 Å². The van der Waals surface area contributed by atoms with Gasteiger partial charge in [0, 0.05) is 45.3 Å². The molecule has 0 bridgehead atoms. The quantitative estimate of drug-likeness (QED) is 0.202. The lowest BCUT2D eigenvalue weighted by Crippen LogP contribution is -2.22. The molecule has 4 nitrogen and oxygen atoms in total. The van der Waals surface area contributed by atoms with Gasteiger partial charge in [-0.3, -0.25) is 9.59 Å². The molecule has 182 valence electrons. The molecule has 0 spiro atoms. The van der Waals surface area contributed by atoms with E-state index in [1.807, 2.05) is 0 Å². The minimum Gasteiger partial charge on any atom is -0.353 e. The Balaban J connectivity index is 1.47. The van der Waals surface area contributed by atoms with E-state index < -0.39 is 0 Å². The maximum absolute atomic E-state index is 11.9.